The summed E-state index contributed by atoms with van der Waals surface area (Å²) in [6.45, 7) is 2.00. The molecule has 0 aliphatic heterocycles. The molecular formula is C26H23ClFN7O3. The topological polar surface area (TPSA) is 108 Å². The average Bonchev–Trinajstić information content (AvgIpc) is 3.35. The fraction of sp³-hybridized carbons (Fsp3) is 0.269. The summed E-state index contributed by atoms with van der Waals surface area (Å²) in [6, 6.07) is 5.50. The number of carbonyl (C=O) groups is 2. The Labute approximate surface area is 221 Å². The molecule has 1 amide bonds. The van der Waals surface area contributed by atoms with Gasteiger partial charge in [-0.3, -0.25) is 4.79 Å². The number of amides is 1. The van der Waals surface area contributed by atoms with Gasteiger partial charge in [0.15, 0.2) is 5.82 Å². The van der Waals surface area contributed by atoms with Crippen molar-refractivity contribution >= 4 is 34.6 Å². The zero-order valence-electron chi connectivity index (χ0n) is 20.4. The molecule has 0 saturated heterocycles. The molecule has 5 aromatic heterocycles. The Hall–Kier alpha value is -4.25. The van der Waals surface area contributed by atoms with Crippen LogP contribution in [0.2, 0.25) is 5.02 Å². The molecule has 0 atom stereocenters. The van der Waals surface area contributed by atoms with Crippen molar-refractivity contribution in [2.24, 2.45) is 0 Å². The Bertz CT molecular complexity index is 1700. The number of hydrogen-bond acceptors (Lipinski definition) is 6. The molecule has 1 aliphatic rings. The minimum atomic E-state index is -0.650. The van der Waals surface area contributed by atoms with Gasteiger partial charge in [0.2, 0.25) is 5.82 Å². The van der Waals surface area contributed by atoms with E-state index >= 15 is 0 Å². The number of carbonyl (C=O) groups excluding carboxylic acids is 2. The maximum absolute atomic E-state index is 14.5. The van der Waals surface area contributed by atoms with Crippen LogP contribution in [0, 0.1) is 5.82 Å². The molecule has 1 fully saturated rings. The lowest BCUT2D eigenvalue weighted by molar-refractivity contribution is 0.0507. The number of aromatic nitrogens is 6. The lowest BCUT2D eigenvalue weighted by atomic mass is 10.2. The number of hydrogen-bond donors (Lipinski definition) is 1. The van der Waals surface area contributed by atoms with Gasteiger partial charge in [-0.2, -0.15) is 0 Å². The first kappa shape index (κ1) is 24.1. The van der Waals surface area contributed by atoms with E-state index in [1.54, 1.807) is 17.7 Å². The van der Waals surface area contributed by atoms with Crippen molar-refractivity contribution in [2.45, 2.75) is 38.8 Å². The van der Waals surface area contributed by atoms with Gasteiger partial charge in [-0.25, -0.2) is 24.1 Å². The number of halogens is 2. The van der Waals surface area contributed by atoms with Crippen LogP contribution in [0.5, 0.6) is 0 Å². The molecule has 0 bridgehead atoms. The molecule has 6 rings (SSSR count). The van der Waals surface area contributed by atoms with E-state index in [0.29, 0.717) is 17.3 Å². The van der Waals surface area contributed by atoms with Crippen molar-refractivity contribution in [1.82, 2.24) is 33.6 Å². The quantitative estimate of drug-likeness (QED) is 0.301. The van der Waals surface area contributed by atoms with Crippen molar-refractivity contribution in [2.75, 3.05) is 6.61 Å². The van der Waals surface area contributed by atoms with E-state index in [1.807, 2.05) is 16.7 Å². The van der Waals surface area contributed by atoms with Crippen LogP contribution in [-0.2, 0) is 17.8 Å². The largest absolute Gasteiger partial charge is 0.460 e. The lowest BCUT2D eigenvalue weighted by Crippen LogP contribution is -2.23. The third-order valence-electron chi connectivity index (χ3n) is 6.46. The zero-order chi connectivity index (χ0) is 26.4. The Morgan fingerprint density at radius 2 is 2.00 bits per heavy atom. The number of rotatable bonds is 8. The standard InChI is InChI=1S/C26H23ClFN7O3/c1-2-38-26(37)24-32-20(25(36)29-9-19-23-22(28)18(27)7-8-33(23)14-30-19)13-35(24)12-17-11-34-10-16(15-3-4-15)5-6-21(34)31-17/h5-8,10-11,13-15H,2-4,9,12H2,1H3,(H,29,36). The number of fused-ring (bicyclic) bond motifs is 2. The van der Waals surface area contributed by atoms with Crippen molar-refractivity contribution in [1.29, 1.82) is 0 Å². The van der Waals surface area contributed by atoms with Crippen molar-refractivity contribution < 1.29 is 18.7 Å². The van der Waals surface area contributed by atoms with Crippen LogP contribution >= 0.6 is 11.6 Å². The second kappa shape index (κ2) is 9.56. The second-order valence-electron chi connectivity index (χ2n) is 9.14. The van der Waals surface area contributed by atoms with E-state index in [2.05, 4.69) is 32.5 Å². The highest BCUT2D eigenvalue weighted by Crippen LogP contribution is 2.39. The molecule has 5 heterocycles. The van der Waals surface area contributed by atoms with Gasteiger partial charge in [0, 0.05) is 24.8 Å². The van der Waals surface area contributed by atoms with Crippen LogP contribution in [0.3, 0.4) is 0 Å². The van der Waals surface area contributed by atoms with E-state index in [-0.39, 0.29) is 41.8 Å². The number of esters is 1. The minimum absolute atomic E-state index is 0.00913. The average molecular weight is 536 g/mol. The summed E-state index contributed by atoms with van der Waals surface area (Å²) >= 11 is 5.90. The van der Waals surface area contributed by atoms with Gasteiger partial charge in [0.05, 0.1) is 42.4 Å². The van der Waals surface area contributed by atoms with Crippen molar-refractivity contribution in [3.8, 4) is 0 Å². The summed E-state index contributed by atoms with van der Waals surface area (Å²) in [6.07, 6.45) is 10.9. The number of nitrogens with zero attached hydrogens (tertiary/aromatic N) is 6. The monoisotopic (exact) mass is 535 g/mol. The molecule has 38 heavy (non-hydrogen) atoms. The molecule has 5 aromatic rings. The van der Waals surface area contributed by atoms with E-state index in [9.17, 15) is 14.0 Å². The molecule has 0 aromatic carbocycles. The summed E-state index contributed by atoms with van der Waals surface area (Å²) in [5, 5.41) is 2.65. The molecule has 0 radical (unpaired) electrons. The zero-order valence-corrected chi connectivity index (χ0v) is 21.2. The van der Waals surface area contributed by atoms with Crippen molar-refractivity contribution in [3.05, 3.63) is 88.6 Å². The molecule has 0 unspecified atom stereocenters. The molecule has 10 nitrogen and oxygen atoms in total. The highest BCUT2D eigenvalue weighted by Gasteiger charge is 2.25. The molecule has 0 spiro atoms. The summed E-state index contributed by atoms with van der Waals surface area (Å²) in [5.41, 5.74) is 3.26. The van der Waals surface area contributed by atoms with E-state index in [1.165, 1.54) is 41.4 Å². The highest BCUT2D eigenvalue weighted by atomic mass is 35.5. The molecule has 194 valence electrons. The number of pyridine rings is 2. The summed E-state index contributed by atoms with van der Waals surface area (Å²) in [7, 11) is 0. The van der Waals surface area contributed by atoms with Crippen LogP contribution < -0.4 is 5.32 Å². The predicted molar refractivity (Wildman–Crippen MR) is 136 cm³/mol. The van der Waals surface area contributed by atoms with E-state index < -0.39 is 17.7 Å². The molecule has 1 N–H and O–H groups in total. The van der Waals surface area contributed by atoms with Crippen LogP contribution in [0.25, 0.3) is 11.2 Å². The lowest BCUT2D eigenvalue weighted by Gasteiger charge is -2.04. The predicted octanol–water partition coefficient (Wildman–Crippen LogP) is 4.00. The first-order valence-corrected chi connectivity index (χ1v) is 12.6. The maximum Gasteiger partial charge on any atom is 0.374 e. The smallest absolute Gasteiger partial charge is 0.374 e. The first-order chi connectivity index (χ1) is 18.4. The number of nitrogens with one attached hydrogen (secondary N) is 1. The fourth-order valence-corrected chi connectivity index (χ4v) is 4.59. The Morgan fingerprint density at radius 3 is 2.79 bits per heavy atom. The second-order valence-corrected chi connectivity index (χ2v) is 9.55. The molecule has 12 heteroatoms. The van der Waals surface area contributed by atoms with Gasteiger partial charge in [0.1, 0.15) is 16.9 Å². The van der Waals surface area contributed by atoms with E-state index in [4.69, 9.17) is 16.3 Å². The van der Waals surface area contributed by atoms with Crippen LogP contribution in [0.1, 0.15) is 63.7 Å². The Morgan fingerprint density at radius 1 is 1.16 bits per heavy atom. The van der Waals surface area contributed by atoms with Gasteiger partial charge in [-0.05, 0) is 43.4 Å². The van der Waals surface area contributed by atoms with Crippen LogP contribution in [0.4, 0.5) is 4.39 Å². The normalized spacial score (nSPS) is 13.3. The van der Waals surface area contributed by atoms with Gasteiger partial charge in [0.25, 0.3) is 5.91 Å². The highest BCUT2D eigenvalue weighted by molar-refractivity contribution is 6.31. The van der Waals surface area contributed by atoms with Gasteiger partial charge < -0.3 is 23.4 Å². The molecular weight excluding hydrogens is 513 g/mol. The fourth-order valence-electron chi connectivity index (χ4n) is 4.44. The third kappa shape index (κ3) is 4.49. The summed E-state index contributed by atoms with van der Waals surface area (Å²) in [5.74, 6) is -1.23. The van der Waals surface area contributed by atoms with Crippen LogP contribution in [-0.4, -0.2) is 46.8 Å². The van der Waals surface area contributed by atoms with Gasteiger partial charge in [-0.1, -0.05) is 17.7 Å². The summed E-state index contributed by atoms with van der Waals surface area (Å²) in [4.78, 5) is 38.6. The third-order valence-corrected chi connectivity index (χ3v) is 6.75. The minimum Gasteiger partial charge on any atom is -0.460 e. The molecule has 1 aliphatic carbocycles. The van der Waals surface area contributed by atoms with Crippen molar-refractivity contribution in [3.63, 3.8) is 0 Å². The Kier molecular flexibility index (Phi) is 6.07. The van der Waals surface area contributed by atoms with Gasteiger partial charge in [-0.15, -0.1) is 0 Å². The maximum atomic E-state index is 14.5. The summed E-state index contributed by atoms with van der Waals surface area (Å²) < 4.78 is 24.7. The Balaban J connectivity index is 1.24. The van der Waals surface area contributed by atoms with E-state index in [0.717, 1.165) is 5.65 Å². The molecule has 1 saturated carbocycles. The van der Waals surface area contributed by atoms with Gasteiger partial charge >= 0.3 is 5.97 Å². The number of ether oxygens (including phenoxy) is 1. The number of imidazole rings is 3. The first-order valence-electron chi connectivity index (χ1n) is 12.2. The SMILES string of the molecule is CCOC(=O)c1nc(C(=O)NCc2ncn3ccc(Cl)c(F)c23)cn1Cc1cn2cc(C3CC3)ccc2n1. The van der Waals surface area contributed by atoms with Crippen LogP contribution in [0.15, 0.2) is 49.3 Å².